The van der Waals surface area contributed by atoms with Crippen molar-refractivity contribution in [2.45, 2.75) is 19.9 Å². The molecule has 0 saturated heterocycles. The number of carbonyl (C=O) groups excluding carboxylic acids is 2. The third-order valence-corrected chi connectivity index (χ3v) is 5.34. The van der Waals surface area contributed by atoms with Gasteiger partial charge in [0.1, 0.15) is 21.6 Å². The zero-order valence-corrected chi connectivity index (χ0v) is 15.6. The van der Waals surface area contributed by atoms with Crippen LogP contribution in [0.4, 0.5) is 10.1 Å². The Kier molecular flexibility index (Phi) is 5.04. The van der Waals surface area contributed by atoms with Gasteiger partial charge in [-0.25, -0.2) is 14.2 Å². The molecule has 1 atom stereocenters. The van der Waals surface area contributed by atoms with Crippen molar-refractivity contribution >= 4 is 39.1 Å². The van der Waals surface area contributed by atoms with Crippen LogP contribution in [0, 0.1) is 12.7 Å². The van der Waals surface area contributed by atoms with E-state index in [-0.39, 0.29) is 5.39 Å². The van der Waals surface area contributed by atoms with E-state index in [1.165, 1.54) is 42.3 Å². The molecule has 140 valence electrons. The quantitative estimate of drug-likeness (QED) is 0.693. The largest absolute Gasteiger partial charge is 0.465 e. The van der Waals surface area contributed by atoms with Gasteiger partial charge in [0.15, 0.2) is 0 Å². The number of aromatic nitrogens is 2. The molecule has 2 aromatic heterocycles. The first-order valence-electron chi connectivity index (χ1n) is 7.98. The summed E-state index contributed by atoms with van der Waals surface area (Å²) in [4.78, 5) is 42.1. The lowest BCUT2D eigenvalue weighted by Crippen LogP contribution is -2.31. The third-order valence-electron chi connectivity index (χ3n) is 4.16. The molecule has 0 fully saturated rings. The lowest BCUT2D eigenvalue weighted by molar-refractivity contribution is -0.118. The summed E-state index contributed by atoms with van der Waals surface area (Å²) in [6.45, 7) is 3.19. The molecule has 0 spiro atoms. The van der Waals surface area contributed by atoms with Gasteiger partial charge in [0.25, 0.3) is 5.56 Å². The Labute approximate surface area is 157 Å². The van der Waals surface area contributed by atoms with Gasteiger partial charge >= 0.3 is 5.97 Å². The monoisotopic (exact) mass is 389 g/mol. The highest BCUT2D eigenvalue weighted by Crippen LogP contribution is 2.27. The summed E-state index contributed by atoms with van der Waals surface area (Å²) in [6.07, 6.45) is 1.27. The van der Waals surface area contributed by atoms with Crippen molar-refractivity contribution in [1.29, 1.82) is 0 Å². The number of benzene rings is 1. The fourth-order valence-corrected chi connectivity index (χ4v) is 3.66. The molecule has 3 rings (SSSR count). The van der Waals surface area contributed by atoms with Crippen LogP contribution in [0.15, 0.2) is 35.4 Å². The average molecular weight is 389 g/mol. The topological polar surface area (TPSA) is 90.3 Å². The van der Waals surface area contributed by atoms with Crippen molar-refractivity contribution < 1.29 is 18.7 Å². The first kappa shape index (κ1) is 18.7. The molecule has 0 saturated carbocycles. The molecule has 0 bridgehead atoms. The third kappa shape index (κ3) is 3.45. The van der Waals surface area contributed by atoms with E-state index in [0.717, 1.165) is 11.3 Å². The molecule has 3 aromatic rings. The number of hydrogen-bond donors (Lipinski definition) is 1. The average Bonchev–Trinajstić information content (AvgIpc) is 3.00. The van der Waals surface area contributed by atoms with E-state index >= 15 is 0 Å². The number of fused-ring (bicyclic) bond motifs is 1. The maximum Gasteiger partial charge on any atom is 0.348 e. The highest BCUT2D eigenvalue weighted by molar-refractivity contribution is 7.20. The number of thiophene rings is 1. The van der Waals surface area contributed by atoms with Crippen molar-refractivity contribution in [2.75, 3.05) is 12.4 Å². The molecule has 2 heterocycles. The fourth-order valence-electron chi connectivity index (χ4n) is 2.61. The Balaban J connectivity index is 1.96. The van der Waals surface area contributed by atoms with Crippen LogP contribution in [-0.2, 0) is 9.53 Å². The molecule has 27 heavy (non-hydrogen) atoms. The van der Waals surface area contributed by atoms with Gasteiger partial charge in [-0.2, -0.15) is 0 Å². The Morgan fingerprint density at radius 3 is 2.59 bits per heavy atom. The highest BCUT2D eigenvalue weighted by atomic mass is 32.1. The summed E-state index contributed by atoms with van der Waals surface area (Å²) >= 11 is 1.07. The first-order valence-corrected chi connectivity index (χ1v) is 8.80. The number of amides is 1. The first-order chi connectivity index (χ1) is 12.8. The molecule has 0 aliphatic heterocycles. The number of nitrogens with one attached hydrogen (secondary N) is 1. The van der Waals surface area contributed by atoms with Crippen LogP contribution in [0.5, 0.6) is 0 Å². The zero-order valence-electron chi connectivity index (χ0n) is 14.8. The number of nitrogens with zero attached hydrogens (tertiary/aromatic N) is 2. The minimum absolute atomic E-state index is 0.282. The van der Waals surface area contributed by atoms with E-state index in [4.69, 9.17) is 4.74 Å². The zero-order chi connectivity index (χ0) is 19.7. The van der Waals surface area contributed by atoms with E-state index in [1.54, 1.807) is 13.8 Å². The summed E-state index contributed by atoms with van der Waals surface area (Å²) in [6, 6.07) is 4.44. The van der Waals surface area contributed by atoms with Gasteiger partial charge in [0, 0.05) is 5.69 Å². The molecule has 9 heteroatoms. The molecule has 7 nitrogen and oxygen atoms in total. The molecular formula is C18H16FN3O4S. The van der Waals surface area contributed by atoms with Gasteiger partial charge in [0.05, 0.1) is 18.8 Å². The Morgan fingerprint density at radius 2 is 1.96 bits per heavy atom. The predicted octanol–water partition coefficient (Wildman–Crippen LogP) is 2.89. The van der Waals surface area contributed by atoms with E-state index < -0.39 is 29.3 Å². The number of ether oxygens (including phenoxy) is 1. The van der Waals surface area contributed by atoms with E-state index in [0.29, 0.717) is 21.0 Å². The molecule has 0 aliphatic rings. The second kappa shape index (κ2) is 7.28. The van der Waals surface area contributed by atoms with E-state index in [2.05, 4.69) is 10.3 Å². The maximum atomic E-state index is 13.0. The minimum atomic E-state index is -0.861. The highest BCUT2D eigenvalue weighted by Gasteiger charge is 2.23. The van der Waals surface area contributed by atoms with E-state index in [1.807, 2.05) is 0 Å². The number of aryl methyl sites for hydroxylation is 1. The van der Waals surface area contributed by atoms with Crippen LogP contribution >= 0.6 is 11.3 Å². The van der Waals surface area contributed by atoms with Crippen molar-refractivity contribution in [2.24, 2.45) is 0 Å². The molecule has 0 radical (unpaired) electrons. The van der Waals surface area contributed by atoms with Gasteiger partial charge in [-0.15, -0.1) is 11.3 Å². The Bertz CT molecular complexity index is 1090. The maximum absolute atomic E-state index is 13.0. The Hall–Kier alpha value is -3.07. The summed E-state index contributed by atoms with van der Waals surface area (Å²) < 4.78 is 18.9. The molecule has 1 N–H and O–H groups in total. The van der Waals surface area contributed by atoms with Crippen LogP contribution in [0.25, 0.3) is 10.2 Å². The second-order valence-electron chi connectivity index (χ2n) is 5.86. The number of methoxy groups -OCH3 is 1. The lowest BCUT2D eigenvalue weighted by atomic mass is 10.2. The summed E-state index contributed by atoms with van der Waals surface area (Å²) in [5.74, 6) is -1.41. The number of anilines is 1. The minimum Gasteiger partial charge on any atom is -0.465 e. The predicted molar refractivity (Wildman–Crippen MR) is 99.7 cm³/mol. The Morgan fingerprint density at radius 1 is 1.30 bits per heavy atom. The van der Waals surface area contributed by atoms with Gasteiger partial charge in [-0.05, 0) is 43.7 Å². The molecule has 0 unspecified atom stereocenters. The summed E-state index contributed by atoms with van der Waals surface area (Å²) in [5.41, 5.74) is 0.459. The SMILES string of the molecule is COC(=O)c1sc2ncn([C@H](C)C(=O)Nc3ccc(F)cc3)c(=O)c2c1C. The van der Waals surface area contributed by atoms with Crippen LogP contribution < -0.4 is 10.9 Å². The molecule has 1 aromatic carbocycles. The van der Waals surface area contributed by atoms with Crippen LogP contribution in [0.3, 0.4) is 0 Å². The molecular weight excluding hydrogens is 373 g/mol. The summed E-state index contributed by atoms with van der Waals surface area (Å²) in [7, 11) is 1.26. The van der Waals surface area contributed by atoms with E-state index in [9.17, 15) is 18.8 Å². The van der Waals surface area contributed by atoms with Gasteiger partial charge in [-0.1, -0.05) is 0 Å². The molecule has 0 aliphatic carbocycles. The van der Waals surface area contributed by atoms with Crippen molar-refractivity contribution in [3.63, 3.8) is 0 Å². The number of halogens is 1. The van der Waals surface area contributed by atoms with Crippen molar-refractivity contribution in [3.05, 3.63) is 57.2 Å². The number of esters is 1. The smallest absolute Gasteiger partial charge is 0.348 e. The van der Waals surface area contributed by atoms with Crippen LogP contribution in [0.1, 0.15) is 28.2 Å². The van der Waals surface area contributed by atoms with Gasteiger partial charge in [-0.3, -0.25) is 14.2 Å². The van der Waals surface area contributed by atoms with Crippen LogP contribution in [0.2, 0.25) is 0 Å². The van der Waals surface area contributed by atoms with Crippen molar-refractivity contribution in [3.8, 4) is 0 Å². The number of hydrogen-bond acceptors (Lipinski definition) is 6. The normalized spacial score (nSPS) is 12.0. The second-order valence-corrected chi connectivity index (χ2v) is 6.86. The number of carbonyl (C=O) groups is 2. The fraction of sp³-hybridized carbons (Fsp3) is 0.222. The standard InChI is InChI=1S/C18H16FN3O4S/c1-9-13-16(27-14(9)18(25)26-3)20-8-22(17(13)24)10(2)15(23)21-12-6-4-11(19)5-7-12/h4-8,10H,1-3H3,(H,21,23)/t10-/m1/s1. The van der Waals surface area contributed by atoms with Gasteiger partial charge in [0.2, 0.25) is 5.91 Å². The molecule has 1 amide bonds. The summed E-state index contributed by atoms with van der Waals surface area (Å²) in [5, 5.41) is 2.91. The van der Waals surface area contributed by atoms with Crippen molar-refractivity contribution in [1.82, 2.24) is 9.55 Å². The van der Waals surface area contributed by atoms with Crippen LogP contribution in [-0.4, -0.2) is 28.5 Å². The lowest BCUT2D eigenvalue weighted by Gasteiger charge is -2.15. The van der Waals surface area contributed by atoms with Gasteiger partial charge < -0.3 is 10.1 Å². The number of rotatable bonds is 4.